The molecule has 0 aliphatic heterocycles. The highest BCUT2D eigenvalue weighted by molar-refractivity contribution is 5.98. The summed E-state index contributed by atoms with van der Waals surface area (Å²) in [5, 5.41) is 9.42. The average molecular weight is 299 g/mol. The molecule has 6 nitrogen and oxygen atoms in total. The van der Waals surface area contributed by atoms with E-state index in [4.69, 9.17) is 16.6 Å². The van der Waals surface area contributed by atoms with Gasteiger partial charge in [-0.2, -0.15) is 4.98 Å². The molecular weight excluding hydrogens is 284 g/mol. The van der Waals surface area contributed by atoms with E-state index < -0.39 is 17.3 Å². The van der Waals surface area contributed by atoms with Crippen molar-refractivity contribution in [2.75, 3.05) is 5.73 Å². The van der Waals surface area contributed by atoms with Crippen molar-refractivity contribution in [3.63, 3.8) is 0 Å². The summed E-state index contributed by atoms with van der Waals surface area (Å²) in [6, 6.07) is 6.07. The predicted octanol–water partition coefficient (Wildman–Crippen LogP) is 2.75. The zero-order valence-electron chi connectivity index (χ0n) is 13.0. The van der Waals surface area contributed by atoms with Crippen LogP contribution in [0.3, 0.4) is 0 Å². The van der Waals surface area contributed by atoms with E-state index in [-0.39, 0.29) is 27.9 Å². The highest BCUT2D eigenvalue weighted by atomic mass is 16.4. The van der Waals surface area contributed by atoms with Crippen LogP contribution >= 0.6 is 0 Å². The number of pyridine rings is 1. The summed E-state index contributed by atoms with van der Waals surface area (Å²) >= 11 is 0. The van der Waals surface area contributed by atoms with Gasteiger partial charge < -0.3 is 15.3 Å². The van der Waals surface area contributed by atoms with Crippen LogP contribution in [0.15, 0.2) is 33.5 Å². The molecule has 0 bridgehead atoms. The zero-order chi connectivity index (χ0) is 16.9. The van der Waals surface area contributed by atoms with Crippen LogP contribution in [0.4, 0.5) is 5.82 Å². The number of benzene rings is 1. The van der Waals surface area contributed by atoms with Gasteiger partial charge in [-0.15, -0.1) is 0 Å². The maximum atomic E-state index is 12.7. The second-order valence-corrected chi connectivity index (χ2v) is 5.22. The lowest BCUT2D eigenvalue weighted by atomic mass is 10.0. The maximum Gasteiger partial charge on any atom is 0.339 e. The highest BCUT2D eigenvalue weighted by Crippen LogP contribution is 2.24. The van der Waals surface area contributed by atoms with Crippen LogP contribution in [-0.4, -0.2) is 16.1 Å². The van der Waals surface area contributed by atoms with Crippen molar-refractivity contribution in [2.45, 2.75) is 19.7 Å². The Morgan fingerprint density at radius 2 is 2.09 bits per heavy atom. The molecule has 0 radical (unpaired) electrons. The first-order valence-electron chi connectivity index (χ1n) is 7.09. The molecule has 3 rings (SSSR count). The number of nitrogens with zero attached hydrogens (tertiary/aromatic N) is 1. The lowest BCUT2D eigenvalue weighted by Crippen LogP contribution is -2.09. The number of fused-ring (bicyclic) bond motifs is 2. The minimum Gasteiger partial charge on any atom is -0.478 e. The van der Waals surface area contributed by atoms with Crippen molar-refractivity contribution >= 4 is 33.9 Å². The standard InChI is InChI=1S/C16H14N2O4/c1-7(2)8-3-4-12-9(5-8)13(19)10-6-11(16(20)21)14(17)18-15(10)22-12/h3-7H,1-2H3,(H2,17,18)(H,20,21)/i7D. The number of hydrogen-bond donors (Lipinski definition) is 2. The molecule has 0 aliphatic carbocycles. The van der Waals surface area contributed by atoms with Gasteiger partial charge in [0, 0.05) is 1.37 Å². The minimum absolute atomic E-state index is 0.0112. The number of anilines is 1. The monoisotopic (exact) mass is 299 g/mol. The van der Waals surface area contributed by atoms with E-state index in [1.807, 2.05) is 0 Å². The summed E-state index contributed by atoms with van der Waals surface area (Å²) in [6.45, 7) is 3.42. The maximum absolute atomic E-state index is 12.7. The Kier molecular flexibility index (Phi) is 2.82. The number of aromatic nitrogens is 1. The summed E-state index contributed by atoms with van der Waals surface area (Å²) in [5.74, 6) is -2.35. The van der Waals surface area contributed by atoms with Gasteiger partial charge in [-0.3, -0.25) is 4.79 Å². The Labute approximate surface area is 126 Å². The van der Waals surface area contributed by atoms with Gasteiger partial charge in [0.2, 0.25) is 11.1 Å². The molecule has 0 spiro atoms. The van der Waals surface area contributed by atoms with Gasteiger partial charge in [0.05, 0.1) is 10.8 Å². The van der Waals surface area contributed by atoms with Crippen LogP contribution in [0.25, 0.3) is 22.1 Å². The van der Waals surface area contributed by atoms with Gasteiger partial charge in [-0.25, -0.2) is 4.79 Å². The molecule has 3 N–H and O–H groups in total. The van der Waals surface area contributed by atoms with Gasteiger partial charge in [0.25, 0.3) is 0 Å². The predicted molar refractivity (Wildman–Crippen MR) is 83.2 cm³/mol. The number of aromatic carboxylic acids is 1. The summed E-state index contributed by atoms with van der Waals surface area (Å²) < 4.78 is 13.6. The first-order valence-corrected chi connectivity index (χ1v) is 6.59. The number of carboxylic acids is 1. The number of nitrogens with two attached hydrogens (primary N) is 1. The van der Waals surface area contributed by atoms with E-state index in [9.17, 15) is 9.59 Å². The Hall–Kier alpha value is -2.89. The molecule has 0 atom stereocenters. The van der Waals surface area contributed by atoms with Gasteiger partial charge >= 0.3 is 5.97 Å². The smallest absolute Gasteiger partial charge is 0.339 e. The third kappa shape index (κ3) is 2.09. The van der Waals surface area contributed by atoms with E-state index >= 15 is 0 Å². The summed E-state index contributed by atoms with van der Waals surface area (Å²) in [6.07, 6.45) is 0. The summed E-state index contributed by atoms with van der Waals surface area (Å²) in [4.78, 5) is 27.7. The van der Waals surface area contributed by atoms with Crippen molar-refractivity contribution in [3.8, 4) is 0 Å². The quantitative estimate of drug-likeness (QED) is 0.705. The van der Waals surface area contributed by atoms with E-state index in [0.717, 1.165) is 0 Å². The van der Waals surface area contributed by atoms with E-state index in [1.54, 1.807) is 32.0 Å². The molecule has 1 aromatic carbocycles. The fourth-order valence-electron chi connectivity index (χ4n) is 2.28. The Morgan fingerprint density at radius 3 is 2.73 bits per heavy atom. The molecule has 6 heteroatoms. The summed E-state index contributed by atoms with van der Waals surface area (Å²) in [5.41, 5.74) is 5.89. The third-order valence-corrected chi connectivity index (χ3v) is 3.50. The molecule has 0 amide bonds. The van der Waals surface area contributed by atoms with Crippen LogP contribution in [0, 0.1) is 0 Å². The Morgan fingerprint density at radius 1 is 1.36 bits per heavy atom. The van der Waals surface area contributed by atoms with Crippen LogP contribution < -0.4 is 11.2 Å². The summed E-state index contributed by atoms with van der Waals surface area (Å²) in [7, 11) is 0. The molecule has 0 saturated heterocycles. The molecule has 0 fully saturated rings. The van der Waals surface area contributed by atoms with Crippen molar-refractivity contribution < 1.29 is 15.7 Å². The molecule has 3 aromatic rings. The second kappa shape index (κ2) is 4.84. The molecule has 0 unspecified atom stereocenters. The van der Waals surface area contributed by atoms with E-state index in [0.29, 0.717) is 11.1 Å². The van der Waals surface area contributed by atoms with Crippen molar-refractivity contribution in [2.24, 2.45) is 0 Å². The van der Waals surface area contributed by atoms with Gasteiger partial charge in [0.1, 0.15) is 17.0 Å². The molecular formula is C16H14N2O4. The average Bonchev–Trinajstić information content (AvgIpc) is 2.45. The Bertz CT molecular complexity index is 1020. The lowest BCUT2D eigenvalue weighted by Gasteiger charge is -2.07. The SMILES string of the molecule is [2H]C(C)(C)c1ccc2oc3nc(N)c(C(=O)O)cc3c(=O)c2c1. The van der Waals surface area contributed by atoms with Crippen molar-refractivity contribution in [1.82, 2.24) is 4.98 Å². The normalized spacial score (nSPS) is 12.5. The highest BCUT2D eigenvalue weighted by Gasteiger charge is 2.16. The Balaban J connectivity index is 2.42. The molecule has 2 aromatic heterocycles. The first-order chi connectivity index (χ1) is 10.7. The van der Waals surface area contributed by atoms with Crippen LogP contribution in [0.1, 0.15) is 37.0 Å². The van der Waals surface area contributed by atoms with Gasteiger partial charge in [0.15, 0.2) is 0 Å². The van der Waals surface area contributed by atoms with Gasteiger partial charge in [-0.1, -0.05) is 19.9 Å². The van der Waals surface area contributed by atoms with Crippen LogP contribution in [0.2, 0.25) is 0 Å². The number of carbonyl (C=O) groups is 1. The zero-order valence-corrected chi connectivity index (χ0v) is 12.0. The van der Waals surface area contributed by atoms with Crippen molar-refractivity contribution in [1.29, 1.82) is 0 Å². The lowest BCUT2D eigenvalue weighted by molar-refractivity contribution is 0.0698. The largest absolute Gasteiger partial charge is 0.478 e. The molecule has 112 valence electrons. The molecule has 0 saturated carbocycles. The molecule has 22 heavy (non-hydrogen) atoms. The topological polar surface area (TPSA) is 106 Å². The second-order valence-electron chi connectivity index (χ2n) is 5.22. The van der Waals surface area contributed by atoms with E-state index in [2.05, 4.69) is 4.98 Å². The fourth-order valence-corrected chi connectivity index (χ4v) is 2.28. The third-order valence-electron chi connectivity index (χ3n) is 3.50. The molecule has 0 aliphatic rings. The fraction of sp³-hybridized carbons (Fsp3) is 0.188. The number of nitrogen functional groups attached to an aromatic ring is 1. The van der Waals surface area contributed by atoms with Crippen LogP contribution in [-0.2, 0) is 0 Å². The first kappa shape index (κ1) is 12.8. The van der Waals surface area contributed by atoms with Crippen LogP contribution in [0.5, 0.6) is 0 Å². The van der Waals surface area contributed by atoms with Gasteiger partial charge in [-0.05, 0) is 29.7 Å². The number of hydrogen-bond acceptors (Lipinski definition) is 5. The molecule has 2 heterocycles. The number of rotatable bonds is 2. The van der Waals surface area contributed by atoms with Crippen molar-refractivity contribution in [3.05, 3.63) is 45.6 Å². The minimum atomic E-state index is -1.27. The number of carboxylic acid groups (broad SMARTS) is 1. The van der Waals surface area contributed by atoms with E-state index in [1.165, 1.54) is 6.07 Å².